The van der Waals surface area contributed by atoms with Gasteiger partial charge in [0.25, 0.3) is 0 Å². The van der Waals surface area contributed by atoms with Crippen molar-refractivity contribution < 1.29 is 4.79 Å². The van der Waals surface area contributed by atoms with Gasteiger partial charge in [-0.2, -0.15) is 5.10 Å². The zero-order valence-electron chi connectivity index (χ0n) is 10.2. The first kappa shape index (κ1) is 11.9. The van der Waals surface area contributed by atoms with Crippen LogP contribution in [0.4, 0.5) is 5.95 Å². The second-order valence-corrected chi connectivity index (χ2v) is 4.43. The van der Waals surface area contributed by atoms with Crippen LogP contribution in [0.15, 0.2) is 0 Å². The highest BCUT2D eigenvalue weighted by Crippen LogP contribution is 2.27. The molecule has 0 radical (unpaired) electrons. The standard InChI is InChI=1S/C11H17N5O/c1-7-8(2)15-16-11(13-7)14-10(17)6-12-5-9-3-4-9/h9,12H,3-6H2,1-2H3,(H,13,14,16,17). The molecule has 2 rings (SSSR count). The van der Waals surface area contributed by atoms with Crippen LogP contribution in [0, 0.1) is 19.8 Å². The van der Waals surface area contributed by atoms with Gasteiger partial charge in [-0.25, -0.2) is 4.98 Å². The number of nitrogens with zero attached hydrogens (tertiary/aromatic N) is 3. The third kappa shape index (κ3) is 3.74. The maximum Gasteiger partial charge on any atom is 0.249 e. The van der Waals surface area contributed by atoms with E-state index in [0.29, 0.717) is 6.54 Å². The zero-order chi connectivity index (χ0) is 12.3. The monoisotopic (exact) mass is 235 g/mol. The fourth-order valence-corrected chi connectivity index (χ4v) is 1.39. The summed E-state index contributed by atoms with van der Waals surface area (Å²) in [6, 6.07) is 0. The molecule has 0 spiro atoms. The SMILES string of the molecule is Cc1nnc(NC(=O)CNCC2CC2)nc1C. The van der Waals surface area contributed by atoms with E-state index in [1.807, 2.05) is 13.8 Å². The number of aromatic nitrogens is 3. The minimum atomic E-state index is -0.129. The normalized spacial score (nSPS) is 14.7. The third-order valence-corrected chi connectivity index (χ3v) is 2.76. The van der Waals surface area contributed by atoms with Gasteiger partial charge in [-0.1, -0.05) is 0 Å². The molecule has 0 aromatic carbocycles. The van der Waals surface area contributed by atoms with Crippen LogP contribution in [0.2, 0.25) is 0 Å². The molecular formula is C11H17N5O. The van der Waals surface area contributed by atoms with E-state index in [1.165, 1.54) is 12.8 Å². The molecule has 0 saturated heterocycles. The molecule has 1 heterocycles. The van der Waals surface area contributed by atoms with Crippen molar-refractivity contribution in [2.24, 2.45) is 5.92 Å². The first-order chi connectivity index (χ1) is 8.15. The Morgan fingerprint density at radius 3 is 2.71 bits per heavy atom. The van der Waals surface area contributed by atoms with Crippen molar-refractivity contribution in [3.05, 3.63) is 11.4 Å². The Labute approximate surface area is 100 Å². The van der Waals surface area contributed by atoms with Crippen LogP contribution in [-0.4, -0.2) is 34.2 Å². The van der Waals surface area contributed by atoms with E-state index >= 15 is 0 Å². The van der Waals surface area contributed by atoms with Gasteiger partial charge in [-0.05, 0) is 39.2 Å². The number of hydrogen-bond acceptors (Lipinski definition) is 5. The Morgan fingerprint density at radius 1 is 1.29 bits per heavy atom. The molecule has 0 atom stereocenters. The predicted molar refractivity (Wildman–Crippen MR) is 63.5 cm³/mol. The summed E-state index contributed by atoms with van der Waals surface area (Å²) in [4.78, 5) is 15.7. The Kier molecular flexibility index (Phi) is 3.63. The zero-order valence-corrected chi connectivity index (χ0v) is 10.2. The number of amides is 1. The Balaban J connectivity index is 1.77. The molecule has 1 aliphatic rings. The minimum Gasteiger partial charge on any atom is -0.308 e. The molecule has 0 unspecified atom stereocenters. The first-order valence-electron chi connectivity index (χ1n) is 5.83. The highest BCUT2D eigenvalue weighted by atomic mass is 16.2. The largest absolute Gasteiger partial charge is 0.308 e. The lowest BCUT2D eigenvalue weighted by molar-refractivity contribution is -0.115. The fourth-order valence-electron chi connectivity index (χ4n) is 1.39. The van der Waals surface area contributed by atoms with Gasteiger partial charge in [0, 0.05) is 0 Å². The molecule has 1 aromatic rings. The lowest BCUT2D eigenvalue weighted by Crippen LogP contribution is -2.30. The van der Waals surface area contributed by atoms with Crippen LogP contribution in [0.1, 0.15) is 24.2 Å². The molecule has 1 aliphatic carbocycles. The minimum absolute atomic E-state index is 0.129. The Bertz CT molecular complexity index is 416. The summed E-state index contributed by atoms with van der Waals surface area (Å²) in [5.74, 6) is 0.907. The van der Waals surface area contributed by atoms with Crippen molar-refractivity contribution in [3.8, 4) is 0 Å². The maximum absolute atomic E-state index is 11.5. The van der Waals surface area contributed by atoms with Gasteiger partial charge < -0.3 is 5.32 Å². The van der Waals surface area contributed by atoms with Gasteiger partial charge in [-0.3, -0.25) is 10.1 Å². The summed E-state index contributed by atoms with van der Waals surface area (Å²) in [5.41, 5.74) is 1.55. The van der Waals surface area contributed by atoms with Crippen molar-refractivity contribution in [1.82, 2.24) is 20.5 Å². The molecule has 6 nitrogen and oxygen atoms in total. The van der Waals surface area contributed by atoms with Crippen LogP contribution >= 0.6 is 0 Å². The van der Waals surface area contributed by atoms with Gasteiger partial charge in [0.2, 0.25) is 11.9 Å². The van der Waals surface area contributed by atoms with E-state index in [-0.39, 0.29) is 11.9 Å². The molecule has 0 aliphatic heterocycles. The van der Waals surface area contributed by atoms with E-state index in [0.717, 1.165) is 23.9 Å². The van der Waals surface area contributed by atoms with Crippen LogP contribution in [-0.2, 0) is 4.79 Å². The maximum atomic E-state index is 11.5. The number of hydrogen-bond donors (Lipinski definition) is 2. The number of aryl methyl sites for hydroxylation is 2. The van der Waals surface area contributed by atoms with E-state index < -0.39 is 0 Å². The van der Waals surface area contributed by atoms with E-state index in [2.05, 4.69) is 25.8 Å². The van der Waals surface area contributed by atoms with E-state index in [4.69, 9.17) is 0 Å². The molecule has 92 valence electrons. The van der Waals surface area contributed by atoms with Crippen LogP contribution in [0.3, 0.4) is 0 Å². The molecule has 1 aromatic heterocycles. The molecule has 17 heavy (non-hydrogen) atoms. The molecule has 1 saturated carbocycles. The van der Waals surface area contributed by atoms with E-state index in [9.17, 15) is 4.79 Å². The van der Waals surface area contributed by atoms with Gasteiger partial charge >= 0.3 is 0 Å². The quantitative estimate of drug-likeness (QED) is 0.773. The summed E-state index contributed by atoms with van der Waals surface area (Å²) < 4.78 is 0. The Hall–Kier alpha value is -1.56. The average molecular weight is 235 g/mol. The van der Waals surface area contributed by atoms with Crippen LogP contribution < -0.4 is 10.6 Å². The van der Waals surface area contributed by atoms with Gasteiger partial charge in [-0.15, -0.1) is 5.10 Å². The third-order valence-electron chi connectivity index (χ3n) is 2.76. The average Bonchev–Trinajstić information content (AvgIpc) is 3.07. The topological polar surface area (TPSA) is 79.8 Å². The van der Waals surface area contributed by atoms with Gasteiger partial charge in [0.05, 0.1) is 17.9 Å². The second-order valence-electron chi connectivity index (χ2n) is 4.43. The lowest BCUT2D eigenvalue weighted by atomic mass is 10.4. The molecule has 6 heteroatoms. The van der Waals surface area contributed by atoms with Crippen molar-refractivity contribution in [2.45, 2.75) is 26.7 Å². The number of carbonyl (C=O) groups excluding carboxylic acids is 1. The molecule has 1 amide bonds. The highest BCUT2D eigenvalue weighted by Gasteiger charge is 2.20. The lowest BCUT2D eigenvalue weighted by Gasteiger charge is -2.05. The first-order valence-corrected chi connectivity index (χ1v) is 5.83. The van der Waals surface area contributed by atoms with Crippen molar-refractivity contribution >= 4 is 11.9 Å². The number of anilines is 1. The van der Waals surface area contributed by atoms with Gasteiger partial charge in [0.1, 0.15) is 0 Å². The van der Waals surface area contributed by atoms with Gasteiger partial charge in [0.15, 0.2) is 0 Å². The molecular weight excluding hydrogens is 218 g/mol. The highest BCUT2D eigenvalue weighted by molar-refractivity contribution is 5.90. The van der Waals surface area contributed by atoms with E-state index in [1.54, 1.807) is 0 Å². The fraction of sp³-hybridized carbons (Fsp3) is 0.636. The molecule has 2 N–H and O–H groups in total. The number of carbonyl (C=O) groups is 1. The number of nitrogens with one attached hydrogen (secondary N) is 2. The predicted octanol–water partition coefficient (Wildman–Crippen LogP) is 0.427. The van der Waals surface area contributed by atoms with Crippen LogP contribution in [0.25, 0.3) is 0 Å². The molecule has 0 bridgehead atoms. The summed E-state index contributed by atoms with van der Waals surface area (Å²) in [7, 11) is 0. The summed E-state index contributed by atoms with van der Waals surface area (Å²) in [6.07, 6.45) is 2.55. The summed E-state index contributed by atoms with van der Waals surface area (Å²) in [6.45, 7) is 4.88. The van der Waals surface area contributed by atoms with Crippen molar-refractivity contribution in [2.75, 3.05) is 18.4 Å². The van der Waals surface area contributed by atoms with Crippen molar-refractivity contribution in [1.29, 1.82) is 0 Å². The molecule has 1 fully saturated rings. The number of rotatable bonds is 5. The Morgan fingerprint density at radius 2 is 2.06 bits per heavy atom. The summed E-state index contributed by atoms with van der Waals surface area (Å²) in [5, 5.41) is 13.4. The van der Waals surface area contributed by atoms with Crippen molar-refractivity contribution in [3.63, 3.8) is 0 Å². The summed E-state index contributed by atoms with van der Waals surface area (Å²) >= 11 is 0. The smallest absolute Gasteiger partial charge is 0.249 e. The second kappa shape index (κ2) is 5.18. The van der Waals surface area contributed by atoms with Crippen LogP contribution in [0.5, 0.6) is 0 Å².